The lowest BCUT2D eigenvalue weighted by Gasteiger charge is -2.16. The summed E-state index contributed by atoms with van der Waals surface area (Å²) in [4.78, 5) is 4.06. The minimum Gasteiger partial charge on any atom is -0.297 e. The van der Waals surface area contributed by atoms with Crippen LogP contribution in [0.1, 0.15) is 28.7 Å². The summed E-state index contributed by atoms with van der Waals surface area (Å²) in [5, 5.41) is 2.75. The van der Waals surface area contributed by atoms with Crippen molar-refractivity contribution in [3.63, 3.8) is 0 Å². The zero-order chi connectivity index (χ0) is 26.8. The maximum Gasteiger partial charge on any atom is 0.0277 e. The van der Waals surface area contributed by atoms with Crippen molar-refractivity contribution in [2.75, 3.05) is 7.05 Å². The molecule has 0 unspecified atom stereocenters. The van der Waals surface area contributed by atoms with Gasteiger partial charge in [0.25, 0.3) is 0 Å². The predicted octanol–water partition coefficient (Wildman–Crippen LogP) is 9.80. The molecule has 0 aromatic heterocycles. The summed E-state index contributed by atoms with van der Waals surface area (Å²) in [5.41, 5.74) is 14.5. The van der Waals surface area contributed by atoms with Gasteiger partial charge in [0.15, 0.2) is 0 Å². The highest BCUT2D eigenvalue weighted by Gasteiger charge is 2.21. The van der Waals surface area contributed by atoms with Crippen LogP contribution in [0.3, 0.4) is 0 Å². The van der Waals surface area contributed by atoms with Crippen LogP contribution >= 0.6 is 0 Å². The maximum atomic E-state index is 4.06. The van der Waals surface area contributed by atoms with Crippen molar-refractivity contribution < 1.29 is 0 Å². The van der Waals surface area contributed by atoms with Crippen LogP contribution in [0.5, 0.6) is 0 Å². The SMILES string of the molecule is CN=C/C=C\C1=CC=C(C(=CCc2ccc3c4c(cccc24)-c2ccccc2-3)c2cc(C)ccc2C)CC=C1. The van der Waals surface area contributed by atoms with E-state index < -0.39 is 0 Å². The third kappa shape index (κ3) is 4.77. The topological polar surface area (TPSA) is 12.4 Å². The normalized spacial score (nSPS) is 14.7. The molecule has 0 atom stereocenters. The largest absolute Gasteiger partial charge is 0.297 e. The summed E-state index contributed by atoms with van der Waals surface area (Å²) < 4.78 is 0. The number of nitrogens with zero attached hydrogens (tertiary/aromatic N) is 1. The van der Waals surface area contributed by atoms with Crippen LogP contribution in [0, 0.1) is 13.8 Å². The number of allylic oxidation sites excluding steroid dienone is 10. The molecule has 0 saturated heterocycles. The molecule has 2 aliphatic rings. The molecule has 39 heavy (non-hydrogen) atoms. The van der Waals surface area contributed by atoms with Gasteiger partial charge in [-0.2, -0.15) is 0 Å². The summed E-state index contributed by atoms with van der Waals surface area (Å²) in [7, 11) is 1.79. The third-order valence-electron chi connectivity index (χ3n) is 7.84. The van der Waals surface area contributed by atoms with Crippen LogP contribution in [-0.2, 0) is 6.42 Å². The van der Waals surface area contributed by atoms with Crippen LogP contribution in [-0.4, -0.2) is 13.3 Å². The molecule has 1 heteroatoms. The molecule has 0 N–H and O–H groups in total. The van der Waals surface area contributed by atoms with Gasteiger partial charge in [-0.05, 0) is 99.2 Å². The minimum absolute atomic E-state index is 0.879. The van der Waals surface area contributed by atoms with Gasteiger partial charge in [0.05, 0.1) is 0 Å². The smallest absolute Gasteiger partial charge is 0.0277 e. The molecule has 2 aliphatic carbocycles. The number of fused-ring (bicyclic) bond motifs is 3. The molecule has 4 aromatic rings. The predicted molar refractivity (Wildman–Crippen MR) is 169 cm³/mol. The lowest BCUT2D eigenvalue weighted by molar-refractivity contribution is 1.24. The Morgan fingerprint density at radius 2 is 1.64 bits per heavy atom. The van der Waals surface area contributed by atoms with E-state index in [1.807, 2.05) is 12.3 Å². The average molecular weight is 504 g/mol. The van der Waals surface area contributed by atoms with Crippen molar-refractivity contribution in [3.8, 4) is 22.3 Å². The minimum atomic E-state index is 0.879. The molecule has 0 saturated carbocycles. The van der Waals surface area contributed by atoms with Crippen molar-refractivity contribution in [1.29, 1.82) is 0 Å². The highest BCUT2D eigenvalue weighted by Crippen LogP contribution is 2.47. The molecular weight excluding hydrogens is 470 g/mol. The summed E-state index contributed by atoms with van der Waals surface area (Å²) >= 11 is 0. The van der Waals surface area contributed by atoms with Gasteiger partial charge >= 0.3 is 0 Å². The van der Waals surface area contributed by atoms with E-state index in [1.54, 1.807) is 7.05 Å². The van der Waals surface area contributed by atoms with Gasteiger partial charge < -0.3 is 0 Å². The van der Waals surface area contributed by atoms with E-state index in [9.17, 15) is 0 Å². The zero-order valence-electron chi connectivity index (χ0n) is 22.9. The fourth-order valence-corrected chi connectivity index (χ4v) is 5.89. The zero-order valence-corrected chi connectivity index (χ0v) is 22.9. The second-order valence-electron chi connectivity index (χ2n) is 10.4. The number of rotatable bonds is 6. The Kier molecular flexibility index (Phi) is 6.82. The monoisotopic (exact) mass is 503 g/mol. The Bertz CT molecular complexity index is 1740. The van der Waals surface area contributed by atoms with E-state index in [4.69, 9.17) is 0 Å². The van der Waals surface area contributed by atoms with Crippen LogP contribution < -0.4 is 0 Å². The molecule has 1 nitrogen and oxygen atoms in total. The Hall–Kier alpha value is -4.49. The second-order valence-corrected chi connectivity index (χ2v) is 10.4. The van der Waals surface area contributed by atoms with Gasteiger partial charge in [0.1, 0.15) is 0 Å². The van der Waals surface area contributed by atoms with Gasteiger partial charge in [-0.1, -0.05) is 115 Å². The molecule has 0 bridgehead atoms. The number of benzene rings is 4. The van der Waals surface area contributed by atoms with Crippen molar-refractivity contribution in [2.45, 2.75) is 26.7 Å². The van der Waals surface area contributed by atoms with E-state index in [2.05, 4.69) is 128 Å². The maximum absolute atomic E-state index is 4.06. The summed E-state index contributed by atoms with van der Waals surface area (Å²) in [5.74, 6) is 0. The number of hydrogen-bond donors (Lipinski definition) is 0. The van der Waals surface area contributed by atoms with E-state index in [-0.39, 0.29) is 0 Å². The van der Waals surface area contributed by atoms with Crippen LogP contribution in [0.4, 0.5) is 0 Å². The van der Waals surface area contributed by atoms with Crippen molar-refractivity contribution >= 4 is 22.6 Å². The standard InChI is InChI=1S/C38H33N/c1-26-16-17-27(2)37(25-26)31(29-11-6-9-28(18-19-29)10-8-24-39-3)22-20-30-21-23-36-34-13-5-4-12-33(34)35-15-7-14-32(30)38(35)36/h4-10,12-19,21-25H,11,20H2,1-3H3/b10-8-,31-22?,39-24?. The summed E-state index contributed by atoms with van der Waals surface area (Å²) in [6.45, 7) is 4.40. The lowest BCUT2D eigenvalue weighted by Crippen LogP contribution is -1.96. The molecule has 0 fully saturated rings. The highest BCUT2D eigenvalue weighted by atomic mass is 14.6. The fraction of sp³-hybridized carbons (Fsp3) is 0.132. The van der Waals surface area contributed by atoms with Crippen LogP contribution in [0.2, 0.25) is 0 Å². The molecule has 0 aliphatic heterocycles. The quantitative estimate of drug-likeness (QED) is 0.204. The van der Waals surface area contributed by atoms with E-state index >= 15 is 0 Å². The first-order valence-corrected chi connectivity index (χ1v) is 13.7. The highest BCUT2D eigenvalue weighted by molar-refractivity contribution is 6.16. The molecule has 0 amide bonds. The van der Waals surface area contributed by atoms with Crippen LogP contribution in [0.15, 0.2) is 131 Å². The fourth-order valence-electron chi connectivity index (χ4n) is 5.89. The van der Waals surface area contributed by atoms with Gasteiger partial charge in [-0.25, -0.2) is 0 Å². The molecule has 0 radical (unpaired) electrons. The summed E-state index contributed by atoms with van der Waals surface area (Å²) in [6.07, 6.45) is 19.1. The number of aliphatic imine (C=N–C) groups is 1. The molecule has 6 rings (SSSR count). The van der Waals surface area contributed by atoms with Gasteiger partial charge in [0.2, 0.25) is 0 Å². The Morgan fingerprint density at radius 3 is 2.46 bits per heavy atom. The number of hydrogen-bond acceptors (Lipinski definition) is 1. The lowest BCUT2D eigenvalue weighted by atomic mass is 9.89. The van der Waals surface area contributed by atoms with Crippen molar-refractivity contribution in [1.82, 2.24) is 0 Å². The Labute approximate surface area is 232 Å². The number of aryl methyl sites for hydroxylation is 2. The molecule has 190 valence electrons. The van der Waals surface area contributed by atoms with Gasteiger partial charge in [0, 0.05) is 13.3 Å². The van der Waals surface area contributed by atoms with Crippen molar-refractivity contribution in [3.05, 3.63) is 149 Å². The summed E-state index contributed by atoms with van der Waals surface area (Å²) in [6, 6.07) is 27.0. The van der Waals surface area contributed by atoms with E-state index in [0.29, 0.717) is 0 Å². The van der Waals surface area contributed by atoms with E-state index in [0.717, 1.165) is 12.8 Å². The van der Waals surface area contributed by atoms with Crippen LogP contribution in [0.25, 0.3) is 38.6 Å². The van der Waals surface area contributed by atoms with E-state index in [1.165, 1.54) is 72.0 Å². The third-order valence-corrected chi connectivity index (χ3v) is 7.84. The second kappa shape index (κ2) is 10.7. The molecular formula is C38H33N. The Balaban J connectivity index is 1.44. The van der Waals surface area contributed by atoms with Crippen molar-refractivity contribution in [2.24, 2.45) is 4.99 Å². The molecule has 0 heterocycles. The molecule has 4 aromatic carbocycles. The Morgan fingerprint density at radius 1 is 0.846 bits per heavy atom. The first-order chi connectivity index (χ1) is 19.1. The first kappa shape index (κ1) is 24.8. The average Bonchev–Trinajstić information content (AvgIpc) is 3.10. The van der Waals surface area contributed by atoms with Gasteiger partial charge in [-0.15, -0.1) is 0 Å². The van der Waals surface area contributed by atoms with Gasteiger partial charge in [-0.3, -0.25) is 4.99 Å². The molecule has 0 spiro atoms. The first-order valence-electron chi connectivity index (χ1n) is 13.7.